The van der Waals surface area contributed by atoms with Crippen molar-refractivity contribution < 1.29 is 4.79 Å². The Morgan fingerprint density at radius 2 is 1.92 bits per heavy atom. The maximum Gasteiger partial charge on any atom is 0.237 e. The highest BCUT2D eigenvalue weighted by Gasteiger charge is 2.37. The molecule has 1 aliphatic heterocycles. The lowest BCUT2D eigenvalue weighted by Crippen LogP contribution is -2.50. The Bertz CT molecular complexity index is 568. The molecule has 26 heavy (non-hydrogen) atoms. The molecule has 1 aliphatic carbocycles. The third kappa shape index (κ3) is 4.79. The summed E-state index contributed by atoms with van der Waals surface area (Å²) in [7, 11) is 0. The Hall–Kier alpha value is -1.10. The van der Waals surface area contributed by atoms with E-state index in [0.717, 1.165) is 19.5 Å². The summed E-state index contributed by atoms with van der Waals surface area (Å²) in [5.74, 6) is 1.63. The average molecular weight is 380 g/mol. The van der Waals surface area contributed by atoms with E-state index in [4.69, 9.17) is 5.73 Å². The van der Waals surface area contributed by atoms with Crippen LogP contribution in [-0.4, -0.2) is 42.5 Å². The van der Waals surface area contributed by atoms with Gasteiger partial charge in [-0.25, -0.2) is 0 Å². The number of benzene rings is 1. The van der Waals surface area contributed by atoms with Crippen LogP contribution in [0.4, 0.5) is 0 Å². The van der Waals surface area contributed by atoms with E-state index in [1.54, 1.807) is 0 Å². The van der Waals surface area contributed by atoms with Crippen LogP contribution >= 0.6 is 12.4 Å². The summed E-state index contributed by atoms with van der Waals surface area (Å²) in [5, 5.41) is 3.32. The zero-order valence-corrected chi connectivity index (χ0v) is 16.9. The second-order valence-electron chi connectivity index (χ2n) is 8.02. The minimum atomic E-state index is -0.0862. The normalized spacial score (nSPS) is 30.4. The quantitative estimate of drug-likeness (QED) is 0.826. The Morgan fingerprint density at radius 3 is 2.58 bits per heavy atom. The van der Waals surface area contributed by atoms with Gasteiger partial charge in [-0.1, -0.05) is 50.1 Å². The number of carbonyl (C=O) groups is 1. The fourth-order valence-electron chi connectivity index (χ4n) is 4.54. The molecule has 1 aromatic carbocycles. The number of nitrogens with two attached hydrogens (primary N) is 1. The maximum atomic E-state index is 12.8. The smallest absolute Gasteiger partial charge is 0.237 e. The van der Waals surface area contributed by atoms with Crippen LogP contribution in [0.3, 0.4) is 0 Å². The minimum Gasteiger partial charge on any atom is -0.352 e. The van der Waals surface area contributed by atoms with E-state index in [1.807, 2.05) is 6.92 Å². The Balaban J connectivity index is 0.00000243. The molecule has 4 nitrogen and oxygen atoms in total. The van der Waals surface area contributed by atoms with Crippen molar-refractivity contribution in [2.24, 2.45) is 17.6 Å². The number of nitrogens with one attached hydrogen (secondary N) is 1. The number of hydrogen-bond acceptors (Lipinski definition) is 3. The van der Waals surface area contributed by atoms with E-state index in [2.05, 4.69) is 47.5 Å². The average Bonchev–Trinajstić information content (AvgIpc) is 3.08. The number of hydrogen-bond donors (Lipinski definition) is 2. The molecule has 0 spiro atoms. The fraction of sp³-hybridized carbons (Fsp3) is 0.667. The lowest BCUT2D eigenvalue weighted by molar-refractivity contribution is -0.126. The van der Waals surface area contributed by atoms with Crippen molar-refractivity contribution in [1.82, 2.24) is 10.2 Å². The van der Waals surface area contributed by atoms with Crippen LogP contribution in [0.1, 0.15) is 51.0 Å². The van der Waals surface area contributed by atoms with Crippen molar-refractivity contribution in [3.05, 3.63) is 35.9 Å². The molecule has 0 aromatic heterocycles. The first-order valence-electron chi connectivity index (χ1n) is 9.89. The summed E-state index contributed by atoms with van der Waals surface area (Å²) in [6.07, 6.45) is 4.89. The van der Waals surface area contributed by atoms with E-state index in [1.165, 1.54) is 24.8 Å². The predicted octanol–water partition coefficient (Wildman–Crippen LogP) is 3.17. The molecule has 3 unspecified atom stereocenters. The molecule has 5 heteroatoms. The van der Waals surface area contributed by atoms with Gasteiger partial charge >= 0.3 is 0 Å². The van der Waals surface area contributed by atoms with E-state index in [-0.39, 0.29) is 24.4 Å². The van der Waals surface area contributed by atoms with Gasteiger partial charge in [0.25, 0.3) is 0 Å². The summed E-state index contributed by atoms with van der Waals surface area (Å²) in [6, 6.07) is 10.9. The maximum absolute atomic E-state index is 12.8. The first-order valence-corrected chi connectivity index (χ1v) is 9.89. The van der Waals surface area contributed by atoms with Gasteiger partial charge in [0.05, 0.1) is 6.04 Å². The van der Waals surface area contributed by atoms with Crippen molar-refractivity contribution in [2.45, 2.75) is 57.5 Å². The van der Waals surface area contributed by atoms with Gasteiger partial charge in [0, 0.05) is 25.0 Å². The van der Waals surface area contributed by atoms with Gasteiger partial charge in [-0.2, -0.15) is 0 Å². The zero-order chi connectivity index (χ0) is 17.8. The minimum absolute atomic E-state index is 0. The third-order valence-electron chi connectivity index (χ3n) is 6.37. The van der Waals surface area contributed by atoms with Crippen LogP contribution in [-0.2, 0) is 4.79 Å². The molecular weight excluding hydrogens is 346 g/mol. The molecule has 0 radical (unpaired) electrons. The monoisotopic (exact) mass is 379 g/mol. The SMILES string of the molecule is CC1CCCCC1NC(=O)C(C)N1C[C@@H](CN)[C@H](c2ccccc2)C1.Cl. The molecule has 146 valence electrons. The number of amides is 1. The molecule has 3 rings (SSSR count). The van der Waals surface area contributed by atoms with Gasteiger partial charge in [-0.15, -0.1) is 12.4 Å². The zero-order valence-electron chi connectivity index (χ0n) is 16.1. The second kappa shape index (κ2) is 9.72. The van der Waals surface area contributed by atoms with Crippen molar-refractivity contribution in [2.75, 3.05) is 19.6 Å². The highest BCUT2D eigenvalue weighted by atomic mass is 35.5. The van der Waals surface area contributed by atoms with Gasteiger partial charge in [0.15, 0.2) is 0 Å². The van der Waals surface area contributed by atoms with E-state index in [0.29, 0.717) is 30.3 Å². The summed E-state index contributed by atoms with van der Waals surface area (Å²) >= 11 is 0. The first kappa shape index (κ1) is 21.2. The van der Waals surface area contributed by atoms with Crippen molar-refractivity contribution in [3.8, 4) is 0 Å². The van der Waals surface area contributed by atoms with Crippen LogP contribution in [0, 0.1) is 11.8 Å². The molecule has 1 aromatic rings. The number of rotatable bonds is 5. The highest BCUT2D eigenvalue weighted by molar-refractivity contribution is 5.85. The molecule has 1 saturated carbocycles. The third-order valence-corrected chi connectivity index (χ3v) is 6.37. The Kier molecular flexibility index (Phi) is 7.93. The molecule has 5 atom stereocenters. The highest BCUT2D eigenvalue weighted by Crippen LogP contribution is 2.33. The molecule has 1 saturated heterocycles. The lowest BCUT2D eigenvalue weighted by Gasteiger charge is -2.32. The summed E-state index contributed by atoms with van der Waals surface area (Å²) in [6.45, 7) is 6.81. The lowest BCUT2D eigenvalue weighted by atomic mass is 9.86. The van der Waals surface area contributed by atoms with Gasteiger partial charge in [-0.3, -0.25) is 9.69 Å². The van der Waals surface area contributed by atoms with Gasteiger partial charge < -0.3 is 11.1 Å². The standard InChI is InChI=1S/C21H33N3O.ClH/c1-15-8-6-7-11-20(15)23-21(25)16(2)24-13-18(12-22)19(14-24)17-9-4-3-5-10-17;/h3-5,9-10,15-16,18-20H,6-8,11-14,22H2,1-2H3,(H,23,25);1H/t15?,16?,18-,19+,20?;/m1./s1. The van der Waals surface area contributed by atoms with Crippen molar-refractivity contribution in [3.63, 3.8) is 0 Å². The molecule has 2 fully saturated rings. The van der Waals surface area contributed by atoms with Gasteiger partial charge in [0.2, 0.25) is 5.91 Å². The van der Waals surface area contributed by atoms with Gasteiger partial charge in [0.1, 0.15) is 0 Å². The van der Waals surface area contributed by atoms with Crippen LogP contribution in [0.2, 0.25) is 0 Å². The molecule has 3 N–H and O–H groups in total. The van der Waals surface area contributed by atoms with Crippen LogP contribution in [0.25, 0.3) is 0 Å². The number of nitrogens with zero attached hydrogens (tertiary/aromatic N) is 1. The molecule has 0 bridgehead atoms. The molecule has 1 heterocycles. The van der Waals surface area contributed by atoms with E-state index >= 15 is 0 Å². The Morgan fingerprint density at radius 1 is 1.23 bits per heavy atom. The molecule has 1 amide bonds. The van der Waals surface area contributed by atoms with Gasteiger partial charge in [-0.05, 0) is 43.7 Å². The van der Waals surface area contributed by atoms with Crippen molar-refractivity contribution in [1.29, 1.82) is 0 Å². The Labute approximate surface area is 164 Å². The van der Waals surface area contributed by atoms with Crippen LogP contribution in [0.5, 0.6) is 0 Å². The fourth-order valence-corrected chi connectivity index (χ4v) is 4.54. The largest absolute Gasteiger partial charge is 0.352 e. The van der Waals surface area contributed by atoms with Crippen LogP contribution < -0.4 is 11.1 Å². The number of halogens is 1. The number of likely N-dealkylation sites (tertiary alicyclic amines) is 1. The summed E-state index contributed by atoms with van der Waals surface area (Å²) in [5.41, 5.74) is 7.38. The summed E-state index contributed by atoms with van der Waals surface area (Å²) in [4.78, 5) is 15.1. The van der Waals surface area contributed by atoms with E-state index < -0.39 is 0 Å². The molecule has 2 aliphatic rings. The molecular formula is C21H34ClN3O. The van der Waals surface area contributed by atoms with E-state index in [9.17, 15) is 4.79 Å². The number of carbonyl (C=O) groups excluding carboxylic acids is 1. The summed E-state index contributed by atoms with van der Waals surface area (Å²) < 4.78 is 0. The first-order chi connectivity index (χ1) is 12.1. The topological polar surface area (TPSA) is 58.4 Å². The predicted molar refractivity (Wildman–Crippen MR) is 110 cm³/mol. The van der Waals surface area contributed by atoms with Crippen LogP contribution in [0.15, 0.2) is 30.3 Å². The second-order valence-corrected chi connectivity index (χ2v) is 8.02. The van der Waals surface area contributed by atoms with Crippen molar-refractivity contribution >= 4 is 18.3 Å².